The van der Waals surface area contributed by atoms with Gasteiger partial charge in [-0.1, -0.05) is 6.92 Å². The lowest BCUT2D eigenvalue weighted by Gasteiger charge is -2.25. The van der Waals surface area contributed by atoms with E-state index in [4.69, 9.17) is 0 Å². The predicted molar refractivity (Wildman–Crippen MR) is 61.9 cm³/mol. The molecule has 2 amide bonds. The predicted octanol–water partition coefficient (Wildman–Crippen LogP) is -0.372. The van der Waals surface area contributed by atoms with Crippen molar-refractivity contribution < 1.29 is 9.59 Å². The summed E-state index contributed by atoms with van der Waals surface area (Å²) in [6.45, 7) is 6.17. The van der Waals surface area contributed by atoms with Gasteiger partial charge in [0.2, 0.25) is 11.8 Å². The molecule has 0 bridgehead atoms. The maximum atomic E-state index is 12.0. The van der Waals surface area contributed by atoms with Crippen molar-refractivity contribution in [2.24, 2.45) is 5.41 Å². The van der Waals surface area contributed by atoms with Crippen LogP contribution in [0.5, 0.6) is 0 Å². The molecule has 1 unspecified atom stereocenters. The minimum atomic E-state index is -0.240. The second kappa shape index (κ2) is 5.84. The van der Waals surface area contributed by atoms with E-state index in [0.29, 0.717) is 13.1 Å². The van der Waals surface area contributed by atoms with Gasteiger partial charge >= 0.3 is 0 Å². The van der Waals surface area contributed by atoms with Crippen LogP contribution >= 0.6 is 0 Å². The van der Waals surface area contributed by atoms with Gasteiger partial charge in [-0.3, -0.25) is 9.59 Å². The van der Waals surface area contributed by atoms with Crippen molar-refractivity contribution in [2.75, 3.05) is 26.2 Å². The number of nitrogens with one attached hydrogen (secondary N) is 3. The van der Waals surface area contributed by atoms with E-state index in [2.05, 4.69) is 16.0 Å². The quantitative estimate of drug-likeness (QED) is 0.561. The first-order chi connectivity index (χ1) is 7.60. The van der Waals surface area contributed by atoms with Crippen molar-refractivity contribution in [3.8, 4) is 0 Å². The Morgan fingerprint density at radius 2 is 2.00 bits per heavy atom. The summed E-state index contributed by atoms with van der Waals surface area (Å²) in [5.41, 5.74) is -0.240. The smallest absolute Gasteiger partial charge is 0.227 e. The molecule has 1 atom stereocenters. The molecule has 1 saturated heterocycles. The van der Waals surface area contributed by atoms with Crippen molar-refractivity contribution in [2.45, 2.75) is 26.7 Å². The molecule has 92 valence electrons. The molecule has 0 aromatic heterocycles. The summed E-state index contributed by atoms with van der Waals surface area (Å²) < 4.78 is 0. The monoisotopic (exact) mass is 227 g/mol. The number of carbonyl (C=O) groups is 2. The Balaban J connectivity index is 2.30. The van der Waals surface area contributed by atoms with E-state index in [1.807, 2.05) is 6.92 Å². The van der Waals surface area contributed by atoms with Crippen LogP contribution in [0.2, 0.25) is 0 Å². The van der Waals surface area contributed by atoms with Gasteiger partial charge in [-0.05, 0) is 19.4 Å². The van der Waals surface area contributed by atoms with Crippen LogP contribution in [0, 0.1) is 5.41 Å². The molecular weight excluding hydrogens is 206 g/mol. The summed E-state index contributed by atoms with van der Waals surface area (Å²) in [4.78, 5) is 22.6. The van der Waals surface area contributed by atoms with Crippen molar-refractivity contribution in [1.82, 2.24) is 16.0 Å². The molecule has 0 aromatic carbocycles. The summed E-state index contributed by atoms with van der Waals surface area (Å²) in [6, 6.07) is 0. The number of amides is 2. The number of hydrogen-bond donors (Lipinski definition) is 3. The highest BCUT2D eigenvalue weighted by atomic mass is 16.2. The lowest BCUT2D eigenvalue weighted by Crippen LogP contribution is -2.44. The molecule has 0 aliphatic carbocycles. The first kappa shape index (κ1) is 13.0. The zero-order chi connectivity index (χ0) is 12.0. The van der Waals surface area contributed by atoms with Gasteiger partial charge in [-0.25, -0.2) is 0 Å². The molecule has 0 radical (unpaired) electrons. The molecule has 0 aromatic rings. The summed E-state index contributed by atoms with van der Waals surface area (Å²) in [6.07, 6.45) is 1.75. The highest BCUT2D eigenvalue weighted by molar-refractivity contribution is 5.83. The van der Waals surface area contributed by atoms with Gasteiger partial charge in [-0.2, -0.15) is 0 Å². The summed E-state index contributed by atoms with van der Waals surface area (Å²) in [5, 5.41) is 8.75. The second-order valence-corrected chi connectivity index (χ2v) is 4.30. The van der Waals surface area contributed by atoms with Gasteiger partial charge in [-0.15, -0.1) is 0 Å². The van der Waals surface area contributed by atoms with Crippen LogP contribution in [0.4, 0.5) is 0 Å². The van der Waals surface area contributed by atoms with Gasteiger partial charge in [0.05, 0.1) is 5.41 Å². The van der Waals surface area contributed by atoms with Gasteiger partial charge in [0.15, 0.2) is 0 Å². The van der Waals surface area contributed by atoms with Crippen molar-refractivity contribution in [1.29, 1.82) is 0 Å². The van der Waals surface area contributed by atoms with Crippen molar-refractivity contribution in [3.63, 3.8) is 0 Å². The molecule has 0 spiro atoms. The van der Waals surface area contributed by atoms with Gasteiger partial charge < -0.3 is 16.0 Å². The van der Waals surface area contributed by atoms with E-state index < -0.39 is 0 Å². The topological polar surface area (TPSA) is 70.2 Å². The van der Waals surface area contributed by atoms with Crippen LogP contribution in [0.25, 0.3) is 0 Å². The Kier molecular flexibility index (Phi) is 4.73. The first-order valence-electron chi connectivity index (χ1n) is 5.84. The molecule has 1 aliphatic heterocycles. The molecular formula is C11H21N3O2. The molecule has 1 fully saturated rings. The third kappa shape index (κ3) is 3.20. The van der Waals surface area contributed by atoms with Crippen molar-refractivity contribution >= 4 is 11.8 Å². The highest BCUT2D eigenvalue weighted by Gasteiger charge is 2.38. The average Bonchev–Trinajstić information content (AvgIpc) is 2.73. The Bertz CT molecular complexity index is 260. The van der Waals surface area contributed by atoms with E-state index in [1.165, 1.54) is 6.92 Å². The Morgan fingerprint density at radius 3 is 2.50 bits per heavy atom. The number of carbonyl (C=O) groups excluding carboxylic acids is 2. The van der Waals surface area contributed by atoms with Crippen LogP contribution in [-0.4, -0.2) is 38.0 Å². The zero-order valence-corrected chi connectivity index (χ0v) is 10.1. The molecule has 0 saturated carbocycles. The zero-order valence-electron chi connectivity index (χ0n) is 10.1. The fourth-order valence-corrected chi connectivity index (χ4v) is 2.00. The Morgan fingerprint density at radius 1 is 1.31 bits per heavy atom. The third-order valence-corrected chi connectivity index (χ3v) is 3.19. The summed E-state index contributed by atoms with van der Waals surface area (Å²) >= 11 is 0. The molecule has 1 aliphatic rings. The number of rotatable bonds is 5. The Hall–Kier alpha value is -1.10. The number of hydrogen-bond acceptors (Lipinski definition) is 3. The van der Waals surface area contributed by atoms with E-state index >= 15 is 0 Å². The first-order valence-corrected chi connectivity index (χ1v) is 5.84. The van der Waals surface area contributed by atoms with Crippen LogP contribution in [0.3, 0.4) is 0 Å². The molecule has 5 nitrogen and oxygen atoms in total. The maximum absolute atomic E-state index is 12.0. The van der Waals surface area contributed by atoms with Gasteiger partial charge in [0.25, 0.3) is 0 Å². The molecule has 3 N–H and O–H groups in total. The van der Waals surface area contributed by atoms with E-state index in [-0.39, 0.29) is 17.2 Å². The average molecular weight is 227 g/mol. The molecule has 1 heterocycles. The molecule has 16 heavy (non-hydrogen) atoms. The fraction of sp³-hybridized carbons (Fsp3) is 0.818. The Labute approximate surface area is 96.4 Å². The summed E-state index contributed by atoms with van der Waals surface area (Å²) in [7, 11) is 0. The normalized spacial score (nSPS) is 24.1. The highest BCUT2D eigenvalue weighted by Crippen LogP contribution is 2.29. The van der Waals surface area contributed by atoms with Gasteiger partial charge in [0.1, 0.15) is 0 Å². The van der Waals surface area contributed by atoms with Crippen molar-refractivity contribution in [3.05, 3.63) is 0 Å². The molecule has 1 rings (SSSR count). The molecule has 5 heteroatoms. The van der Waals surface area contributed by atoms with E-state index in [0.717, 1.165) is 25.9 Å². The lowest BCUT2D eigenvalue weighted by atomic mass is 9.83. The minimum Gasteiger partial charge on any atom is -0.355 e. The third-order valence-electron chi connectivity index (χ3n) is 3.19. The lowest BCUT2D eigenvalue weighted by molar-refractivity contribution is -0.130. The van der Waals surface area contributed by atoms with Gasteiger partial charge in [0, 0.05) is 26.6 Å². The van der Waals surface area contributed by atoms with Crippen LogP contribution in [0.15, 0.2) is 0 Å². The fourth-order valence-electron chi connectivity index (χ4n) is 2.00. The van der Waals surface area contributed by atoms with Crippen LogP contribution < -0.4 is 16.0 Å². The summed E-state index contributed by atoms with van der Waals surface area (Å²) in [5.74, 6) is 0.0346. The second-order valence-electron chi connectivity index (χ2n) is 4.30. The SMILES string of the molecule is CCC1(C(=O)NCCNC(C)=O)CCNC1. The van der Waals surface area contributed by atoms with Crippen LogP contribution in [0.1, 0.15) is 26.7 Å². The van der Waals surface area contributed by atoms with E-state index in [1.54, 1.807) is 0 Å². The largest absolute Gasteiger partial charge is 0.355 e. The standard InChI is InChI=1S/C11H21N3O2/c1-3-11(4-5-12-8-11)10(16)14-7-6-13-9(2)15/h12H,3-8H2,1-2H3,(H,13,15)(H,14,16). The maximum Gasteiger partial charge on any atom is 0.227 e. The van der Waals surface area contributed by atoms with Crippen LogP contribution in [-0.2, 0) is 9.59 Å². The van der Waals surface area contributed by atoms with E-state index in [9.17, 15) is 9.59 Å². The minimum absolute atomic E-state index is 0.0676.